The summed E-state index contributed by atoms with van der Waals surface area (Å²) in [6.45, 7) is 1.74. The molecule has 0 unspecified atom stereocenters. The van der Waals surface area contributed by atoms with Crippen LogP contribution in [0, 0.1) is 17.0 Å². The van der Waals surface area contributed by atoms with Crippen LogP contribution in [-0.4, -0.2) is 22.5 Å². The minimum atomic E-state index is -0.608. The number of aryl methyl sites for hydroxylation is 1. The van der Waals surface area contributed by atoms with Gasteiger partial charge in [-0.15, -0.1) is 0 Å². The summed E-state index contributed by atoms with van der Waals surface area (Å²) >= 11 is 0. The number of hydrogen-bond donors (Lipinski definition) is 1. The molecule has 1 aliphatic carbocycles. The lowest BCUT2D eigenvalue weighted by Crippen LogP contribution is -2.22. The highest BCUT2D eigenvalue weighted by atomic mass is 16.6. The largest absolute Gasteiger partial charge is 0.453 e. The van der Waals surface area contributed by atoms with Crippen molar-refractivity contribution in [1.29, 1.82) is 0 Å². The van der Waals surface area contributed by atoms with Crippen molar-refractivity contribution >= 4 is 23.3 Å². The molecule has 32 heavy (non-hydrogen) atoms. The molecule has 0 saturated heterocycles. The summed E-state index contributed by atoms with van der Waals surface area (Å²) in [7, 11) is 0. The lowest BCUT2D eigenvalue weighted by atomic mass is 9.93. The summed E-state index contributed by atoms with van der Waals surface area (Å²) in [5.41, 5.74) is 4.23. The van der Waals surface area contributed by atoms with Gasteiger partial charge in [-0.1, -0.05) is 24.3 Å². The molecule has 1 heterocycles. The Balaban J connectivity index is 1.56. The monoisotopic (exact) mass is 433 g/mol. The zero-order chi connectivity index (χ0) is 22.7. The number of nitrogens with zero attached hydrogens (tertiary/aromatic N) is 2. The molecule has 0 saturated carbocycles. The van der Waals surface area contributed by atoms with Gasteiger partial charge in [0, 0.05) is 35.2 Å². The zero-order valence-electron chi connectivity index (χ0n) is 17.2. The zero-order valence-corrected chi connectivity index (χ0v) is 17.2. The first-order valence-corrected chi connectivity index (χ1v) is 9.95. The Kier molecular flexibility index (Phi) is 5.80. The molecule has 2 aromatic carbocycles. The molecule has 0 spiro atoms. The van der Waals surface area contributed by atoms with E-state index in [0.717, 1.165) is 6.42 Å². The van der Waals surface area contributed by atoms with Gasteiger partial charge in [0.15, 0.2) is 0 Å². The Morgan fingerprint density at radius 2 is 1.91 bits per heavy atom. The summed E-state index contributed by atoms with van der Waals surface area (Å²) in [6, 6.07) is 14.1. The maximum absolute atomic E-state index is 12.6. The molecule has 9 heteroatoms. The van der Waals surface area contributed by atoms with Crippen molar-refractivity contribution in [3.8, 4) is 5.75 Å². The maximum atomic E-state index is 12.6. The number of fused-ring (bicyclic) bond motifs is 1. The highest BCUT2D eigenvalue weighted by molar-refractivity contribution is 6.06. The number of amides is 1. The number of carbonyl (C=O) groups is 2. The van der Waals surface area contributed by atoms with Crippen molar-refractivity contribution in [3.05, 3.63) is 92.9 Å². The van der Waals surface area contributed by atoms with Crippen LogP contribution in [-0.2, 0) is 6.42 Å². The van der Waals surface area contributed by atoms with Crippen LogP contribution in [0.25, 0.3) is 0 Å². The van der Waals surface area contributed by atoms with E-state index in [1.807, 2.05) is 6.07 Å². The van der Waals surface area contributed by atoms with Crippen LogP contribution in [0.2, 0.25) is 0 Å². The molecule has 3 aromatic rings. The van der Waals surface area contributed by atoms with Crippen LogP contribution < -0.4 is 10.2 Å². The van der Waals surface area contributed by atoms with Gasteiger partial charge in [-0.05, 0) is 38.0 Å². The first-order chi connectivity index (χ1) is 15.4. The van der Waals surface area contributed by atoms with Crippen molar-refractivity contribution in [2.75, 3.05) is 0 Å². The second kappa shape index (κ2) is 8.84. The van der Waals surface area contributed by atoms with Gasteiger partial charge in [-0.3, -0.25) is 14.9 Å². The molecule has 0 atom stereocenters. The summed E-state index contributed by atoms with van der Waals surface area (Å²) in [6.07, 6.45) is 1.95. The fourth-order valence-electron chi connectivity index (χ4n) is 3.56. The number of nitro benzene ring substituents is 1. The summed E-state index contributed by atoms with van der Waals surface area (Å²) < 4.78 is 11.2. The minimum absolute atomic E-state index is 0.0958. The number of nitro groups is 1. The first-order valence-electron chi connectivity index (χ1n) is 9.95. The third kappa shape index (κ3) is 4.27. The molecule has 0 radical (unpaired) electrons. The number of furan rings is 1. The number of para-hydroxylation sites is 1. The molecular weight excluding hydrogens is 414 g/mol. The van der Waals surface area contributed by atoms with Crippen LogP contribution in [0.5, 0.6) is 5.75 Å². The smallest absolute Gasteiger partial charge is 0.379 e. The van der Waals surface area contributed by atoms with Crippen LogP contribution >= 0.6 is 0 Å². The van der Waals surface area contributed by atoms with Gasteiger partial charge in [0.2, 0.25) is 5.76 Å². The van der Waals surface area contributed by atoms with Gasteiger partial charge in [0.25, 0.3) is 11.6 Å². The lowest BCUT2D eigenvalue weighted by Gasteiger charge is -2.13. The van der Waals surface area contributed by atoms with Crippen LogP contribution in [0.1, 0.15) is 50.6 Å². The number of hydrogen-bond acceptors (Lipinski definition) is 7. The molecule has 1 aromatic heterocycles. The van der Waals surface area contributed by atoms with Gasteiger partial charge < -0.3 is 9.15 Å². The van der Waals surface area contributed by atoms with E-state index in [0.29, 0.717) is 41.2 Å². The van der Waals surface area contributed by atoms with Crippen molar-refractivity contribution in [3.63, 3.8) is 0 Å². The normalized spacial score (nSPS) is 14.0. The highest BCUT2D eigenvalue weighted by Crippen LogP contribution is 2.30. The predicted octanol–water partition coefficient (Wildman–Crippen LogP) is 4.19. The van der Waals surface area contributed by atoms with Crippen molar-refractivity contribution in [1.82, 2.24) is 5.43 Å². The Labute approximate surface area is 182 Å². The van der Waals surface area contributed by atoms with E-state index < -0.39 is 16.8 Å². The predicted molar refractivity (Wildman–Crippen MR) is 115 cm³/mol. The van der Waals surface area contributed by atoms with Crippen molar-refractivity contribution in [2.24, 2.45) is 5.10 Å². The number of carbonyl (C=O) groups excluding carboxylic acids is 2. The van der Waals surface area contributed by atoms with Crippen molar-refractivity contribution < 1.29 is 23.7 Å². The molecule has 1 aliphatic rings. The summed E-state index contributed by atoms with van der Waals surface area (Å²) in [4.78, 5) is 35.4. The average Bonchev–Trinajstić information content (AvgIpc) is 3.15. The van der Waals surface area contributed by atoms with Crippen LogP contribution in [0.4, 0.5) is 5.69 Å². The first kappa shape index (κ1) is 21.0. The lowest BCUT2D eigenvalue weighted by molar-refractivity contribution is -0.384. The molecule has 162 valence electrons. The van der Waals surface area contributed by atoms with Gasteiger partial charge in [-0.25, -0.2) is 10.2 Å². The SMILES string of the molecule is Cc1c(C(=O)Oc2ccccc2)oc2c1/C(=N/NC(=O)c1cccc([N+](=O)[O-])c1)CCC2. The van der Waals surface area contributed by atoms with E-state index >= 15 is 0 Å². The van der Waals surface area contributed by atoms with Gasteiger partial charge in [0.1, 0.15) is 11.5 Å². The van der Waals surface area contributed by atoms with Gasteiger partial charge in [-0.2, -0.15) is 5.10 Å². The van der Waals surface area contributed by atoms with Gasteiger partial charge in [0.05, 0.1) is 10.6 Å². The minimum Gasteiger partial charge on any atom is -0.453 e. The third-order valence-electron chi connectivity index (χ3n) is 5.08. The molecule has 9 nitrogen and oxygen atoms in total. The second-order valence-electron chi connectivity index (χ2n) is 7.22. The Bertz CT molecular complexity index is 1230. The standard InChI is InChI=1S/C23H19N3O6/c1-14-20-18(24-25-22(27)15-7-5-8-16(13-15)26(29)30)11-6-12-19(20)32-21(14)23(28)31-17-9-3-2-4-10-17/h2-5,7-10,13H,6,11-12H2,1H3,(H,25,27)/b24-18+. The highest BCUT2D eigenvalue weighted by Gasteiger charge is 2.29. The number of benzene rings is 2. The summed E-state index contributed by atoms with van der Waals surface area (Å²) in [5, 5.41) is 15.2. The number of non-ortho nitro benzene ring substituents is 1. The van der Waals surface area contributed by atoms with E-state index in [1.165, 1.54) is 24.3 Å². The Morgan fingerprint density at radius 1 is 1.12 bits per heavy atom. The molecular formula is C23H19N3O6. The van der Waals surface area contributed by atoms with E-state index in [1.54, 1.807) is 31.2 Å². The molecule has 0 fully saturated rings. The van der Waals surface area contributed by atoms with Crippen LogP contribution in [0.3, 0.4) is 0 Å². The van der Waals surface area contributed by atoms with E-state index in [9.17, 15) is 19.7 Å². The van der Waals surface area contributed by atoms with Crippen LogP contribution in [0.15, 0.2) is 64.1 Å². The van der Waals surface area contributed by atoms with E-state index in [-0.39, 0.29) is 17.0 Å². The number of ether oxygens (including phenoxy) is 1. The topological polar surface area (TPSA) is 124 Å². The van der Waals surface area contributed by atoms with Crippen molar-refractivity contribution in [2.45, 2.75) is 26.2 Å². The molecule has 0 bridgehead atoms. The van der Waals surface area contributed by atoms with E-state index in [2.05, 4.69) is 10.5 Å². The number of hydrazone groups is 1. The average molecular weight is 433 g/mol. The summed E-state index contributed by atoms with van der Waals surface area (Å²) in [5.74, 6) is -0.0683. The Morgan fingerprint density at radius 3 is 2.66 bits per heavy atom. The molecule has 1 N–H and O–H groups in total. The molecule has 1 amide bonds. The second-order valence-corrected chi connectivity index (χ2v) is 7.22. The van der Waals surface area contributed by atoms with Gasteiger partial charge >= 0.3 is 5.97 Å². The fraction of sp³-hybridized carbons (Fsp3) is 0.174. The number of rotatable bonds is 5. The maximum Gasteiger partial charge on any atom is 0.379 e. The molecule has 0 aliphatic heterocycles. The fourth-order valence-corrected chi connectivity index (χ4v) is 3.56. The number of nitrogens with one attached hydrogen (secondary N) is 1. The third-order valence-corrected chi connectivity index (χ3v) is 5.08. The number of esters is 1. The Hall–Kier alpha value is -4.27. The van der Waals surface area contributed by atoms with E-state index in [4.69, 9.17) is 9.15 Å². The molecule has 4 rings (SSSR count). The quantitative estimate of drug-likeness (QED) is 0.278.